The van der Waals surface area contributed by atoms with Gasteiger partial charge in [-0.2, -0.15) is 13.2 Å². The van der Waals surface area contributed by atoms with E-state index in [0.717, 1.165) is 24.3 Å². The number of urea groups is 1. The summed E-state index contributed by atoms with van der Waals surface area (Å²) in [5.74, 6) is -2.15. The minimum atomic E-state index is -5.22. The number of halogens is 6. The molecule has 3 aromatic carbocycles. The van der Waals surface area contributed by atoms with Crippen LogP contribution in [0.5, 0.6) is 0 Å². The number of carbonyl (C=O) groups is 2. The van der Waals surface area contributed by atoms with Crippen molar-refractivity contribution in [2.75, 3.05) is 30.0 Å². The third-order valence-corrected chi connectivity index (χ3v) is 8.23. The van der Waals surface area contributed by atoms with E-state index in [1.165, 1.54) is 6.07 Å². The molecule has 2 atom stereocenters. The molecule has 0 radical (unpaired) electrons. The van der Waals surface area contributed by atoms with Crippen LogP contribution in [0.4, 0.5) is 38.1 Å². The first-order chi connectivity index (χ1) is 19.7. The Kier molecular flexibility index (Phi) is 6.52. The largest absolute Gasteiger partial charge is 0.423 e. The number of nitrogens with one attached hydrogen (secondary N) is 2. The van der Waals surface area contributed by atoms with Gasteiger partial charge in [0.15, 0.2) is 0 Å². The van der Waals surface area contributed by atoms with Gasteiger partial charge in [0.25, 0.3) is 5.91 Å². The molecule has 0 aromatic heterocycles. The highest BCUT2D eigenvalue weighted by molar-refractivity contribution is 6.31. The lowest BCUT2D eigenvalue weighted by atomic mass is 9.81. The number of rotatable bonds is 4. The quantitative estimate of drug-likeness (QED) is 0.326. The summed E-state index contributed by atoms with van der Waals surface area (Å²) < 4.78 is 75.4. The number of ether oxygens (including phenoxy) is 1. The molecule has 0 aliphatic carbocycles. The Bertz CT molecular complexity index is 1640. The Balaban J connectivity index is 1.44. The lowest BCUT2D eigenvalue weighted by Gasteiger charge is -2.38. The molecule has 220 valence electrons. The van der Waals surface area contributed by atoms with Crippen molar-refractivity contribution in [3.8, 4) is 0 Å². The number of nitrogens with zero attached hydrogens (tertiary/aromatic N) is 1. The van der Waals surface area contributed by atoms with Crippen molar-refractivity contribution in [1.29, 1.82) is 0 Å². The maximum absolute atomic E-state index is 14.2. The molecule has 0 spiro atoms. The van der Waals surface area contributed by atoms with Crippen molar-refractivity contribution in [2.24, 2.45) is 5.41 Å². The Labute approximate surface area is 241 Å². The first-order valence-corrected chi connectivity index (χ1v) is 13.2. The highest BCUT2D eigenvalue weighted by atomic mass is 35.5. The van der Waals surface area contributed by atoms with Gasteiger partial charge in [-0.1, -0.05) is 18.5 Å². The molecule has 0 saturated carbocycles. The van der Waals surface area contributed by atoms with Gasteiger partial charge < -0.3 is 20.5 Å². The van der Waals surface area contributed by atoms with Crippen LogP contribution >= 0.6 is 11.6 Å². The molecule has 3 aliphatic heterocycles. The fourth-order valence-electron chi connectivity index (χ4n) is 5.79. The molecule has 0 unspecified atom stereocenters. The van der Waals surface area contributed by atoms with Crippen LogP contribution < -0.4 is 15.5 Å². The minimum Gasteiger partial charge on any atom is -0.380 e. The summed E-state index contributed by atoms with van der Waals surface area (Å²) in [7, 11) is 0. The molecule has 13 heteroatoms. The predicted octanol–water partition coefficient (Wildman–Crippen LogP) is 5.83. The minimum absolute atomic E-state index is 0.0751. The van der Waals surface area contributed by atoms with Gasteiger partial charge >= 0.3 is 12.2 Å². The van der Waals surface area contributed by atoms with Crippen LogP contribution in [-0.4, -0.2) is 43.0 Å². The second kappa shape index (κ2) is 9.65. The maximum atomic E-state index is 14.2. The summed E-state index contributed by atoms with van der Waals surface area (Å²) in [5.41, 5.74) is -3.55. The summed E-state index contributed by atoms with van der Waals surface area (Å²) in [6, 6.07) is 7.19. The van der Waals surface area contributed by atoms with Crippen molar-refractivity contribution < 1.29 is 41.4 Å². The number of hydrogen-bond donors (Lipinski definition) is 3. The van der Waals surface area contributed by atoms with Gasteiger partial charge in [-0.25, -0.2) is 13.6 Å². The molecule has 3 aliphatic rings. The van der Waals surface area contributed by atoms with E-state index in [9.17, 15) is 36.6 Å². The number of β-amino-alcohol motifs (C(OH)–C–C–N with tert-alkyl or cyclic N) is 1. The number of carbonyl (C=O) groups excluding carboxylic acids is 2. The van der Waals surface area contributed by atoms with Crippen molar-refractivity contribution >= 4 is 34.9 Å². The zero-order valence-corrected chi connectivity index (χ0v) is 22.7. The molecule has 6 rings (SSSR count). The predicted molar refractivity (Wildman–Crippen MR) is 143 cm³/mol. The maximum Gasteiger partial charge on any atom is 0.423 e. The van der Waals surface area contributed by atoms with Crippen LogP contribution in [0.1, 0.15) is 45.6 Å². The van der Waals surface area contributed by atoms with Crippen LogP contribution in [-0.2, 0) is 16.8 Å². The number of amides is 3. The van der Waals surface area contributed by atoms with E-state index in [0.29, 0.717) is 36.2 Å². The number of fused-ring (bicyclic) bond motifs is 2. The Morgan fingerprint density at radius 1 is 1.14 bits per heavy atom. The number of aliphatic hydroxyl groups is 1. The van der Waals surface area contributed by atoms with E-state index >= 15 is 0 Å². The number of benzene rings is 3. The SMILES string of the molecule is CC1(Cc2cc(NC(=O)N3C[C@](O)(C(F)(F)F)c4cc(F)ccc43)c3c(c2)C(=O)N[C@H]3c2cc(F)ccc2Cl)COC1. The molecule has 1 fully saturated rings. The van der Waals surface area contributed by atoms with Gasteiger partial charge in [-0.05, 0) is 60.5 Å². The average Bonchev–Trinajstić information content (AvgIpc) is 3.39. The average molecular weight is 608 g/mol. The van der Waals surface area contributed by atoms with E-state index in [4.69, 9.17) is 16.3 Å². The van der Waals surface area contributed by atoms with Crippen LogP contribution in [0.3, 0.4) is 0 Å². The first-order valence-electron chi connectivity index (χ1n) is 12.9. The van der Waals surface area contributed by atoms with E-state index in [1.54, 1.807) is 12.1 Å². The lowest BCUT2D eigenvalue weighted by molar-refractivity contribution is -0.258. The van der Waals surface area contributed by atoms with Crippen molar-refractivity contribution in [1.82, 2.24) is 5.32 Å². The fraction of sp³-hybridized carbons (Fsp3) is 0.310. The summed E-state index contributed by atoms with van der Waals surface area (Å²) in [4.78, 5) is 27.4. The number of alkyl halides is 3. The molecule has 3 N–H and O–H groups in total. The molecule has 0 bridgehead atoms. The molecule has 3 amide bonds. The highest BCUT2D eigenvalue weighted by Crippen LogP contribution is 2.49. The summed E-state index contributed by atoms with van der Waals surface area (Å²) in [6.07, 6.45) is -4.76. The van der Waals surface area contributed by atoms with E-state index in [1.807, 2.05) is 6.92 Å². The fourth-order valence-corrected chi connectivity index (χ4v) is 6.02. The van der Waals surface area contributed by atoms with Crippen LogP contribution in [0.15, 0.2) is 48.5 Å². The molecule has 1 saturated heterocycles. The normalized spacial score (nSPS) is 22.3. The van der Waals surface area contributed by atoms with Crippen molar-refractivity contribution in [3.63, 3.8) is 0 Å². The molecule has 7 nitrogen and oxygen atoms in total. The van der Waals surface area contributed by atoms with Gasteiger partial charge in [0.05, 0.1) is 31.5 Å². The van der Waals surface area contributed by atoms with Gasteiger partial charge in [0, 0.05) is 38.4 Å². The lowest BCUT2D eigenvalue weighted by Crippen LogP contribution is -2.48. The zero-order chi connectivity index (χ0) is 30.2. The highest BCUT2D eigenvalue weighted by Gasteiger charge is 2.61. The zero-order valence-electron chi connectivity index (χ0n) is 21.9. The third kappa shape index (κ3) is 4.58. The van der Waals surface area contributed by atoms with Gasteiger partial charge in [-0.3, -0.25) is 9.69 Å². The summed E-state index contributed by atoms with van der Waals surface area (Å²) >= 11 is 6.35. The molecule has 3 heterocycles. The Morgan fingerprint density at radius 3 is 2.50 bits per heavy atom. The number of anilines is 2. The van der Waals surface area contributed by atoms with E-state index in [2.05, 4.69) is 10.6 Å². The Morgan fingerprint density at radius 2 is 1.83 bits per heavy atom. The van der Waals surface area contributed by atoms with Crippen LogP contribution in [0, 0.1) is 17.0 Å². The monoisotopic (exact) mass is 607 g/mol. The van der Waals surface area contributed by atoms with Crippen LogP contribution in [0.25, 0.3) is 0 Å². The summed E-state index contributed by atoms with van der Waals surface area (Å²) in [5, 5.41) is 16.1. The van der Waals surface area contributed by atoms with Crippen molar-refractivity contribution in [3.05, 3.63) is 93.0 Å². The van der Waals surface area contributed by atoms with Gasteiger partial charge in [0.1, 0.15) is 11.6 Å². The second-order valence-corrected chi connectivity index (χ2v) is 11.6. The molecule has 3 aromatic rings. The molecule has 42 heavy (non-hydrogen) atoms. The molecular weight excluding hydrogens is 585 g/mol. The van der Waals surface area contributed by atoms with E-state index < -0.39 is 53.5 Å². The van der Waals surface area contributed by atoms with Crippen LogP contribution in [0.2, 0.25) is 5.02 Å². The smallest absolute Gasteiger partial charge is 0.380 e. The van der Waals surface area contributed by atoms with Gasteiger partial charge in [-0.15, -0.1) is 0 Å². The summed E-state index contributed by atoms with van der Waals surface area (Å²) in [6.45, 7) is 1.69. The standard InChI is InChI=1S/C29H23ClF5N3O4/c1-27(12-42-13-27)10-14-6-18-23(24(37-25(18)39)17-8-15(31)2-4-20(17)30)21(7-14)36-26(40)38-11-28(41,29(33,34)35)19-9-16(32)3-5-22(19)38/h2-9,24,41H,10-13H2,1H3,(H,36,40)(H,37,39)/t24-,28+/m0/s1. The molecular formula is C29H23ClF5N3O4. The van der Waals surface area contributed by atoms with E-state index in [-0.39, 0.29) is 38.5 Å². The third-order valence-electron chi connectivity index (χ3n) is 7.89. The second-order valence-electron chi connectivity index (χ2n) is 11.2. The first kappa shape index (κ1) is 28.4. The van der Waals surface area contributed by atoms with Crippen molar-refractivity contribution in [2.45, 2.75) is 31.2 Å². The van der Waals surface area contributed by atoms with Gasteiger partial charge in [0.2, 0.25) is 5.60 Å². The Hall–Kier alpha value is -3.74. The topological polar surface area (TPSA) is 90.9 Å². The number of hydrogen-bond acceptors (Lipinski definition) is 4.